The molecule has 1 fully saturated rings. The predicted octanol–water partition coefficient (Wildman–Crippen LogP) is 2.64. The van der Waals surface area contributed by atoms with E-state index >= 15 is 0 Å². The highest BCUT2D eigenvalue weighted by Gasteiger charge is 2.44. The normalized spacial score (nSPS) is 20.0. The van der Waals surface area contributed by atoms with E-state index in [2.05, 4.69) is 5.32 Å². The molecular formula is C14H19ClN2O. The predicted molar refractivity (Wildman–Crippen MR) is 73.3 cm³/mol. The van der Waals surface area contributed by atoms with E-state index in [0.29, 0.717) is 10.9 Å². The average Bonchev–Trinajstić information content (AvgIpc) is 3.13. The fourth-order valence-corrected chi connectivity index (χ4v) is 2.18. The number of carbonyl (C=O) groups excluding carboxylic acids is 1. The lowest BCUT2D eigenvalue weighted by atomic mass is 9.95. The third-order valence-electron chi connectivity index (χ3n) is 3.63. The van der Waals surface area contributed by atoms with Crippen LogP contribution in [0, 0.1) is 5.92 Å². The van der Waals surface area contributed by atoms with Crippen molar-refractivity contribution in [1.29, 1.82) is 0 Å². The number of amides is 1. The Morgan fingerprint density at radius 3 is 2.50 bits per heavy atom. The van der Waals surface area contributed by atoms with Gasteiger partial charge in [-0.15, -0.1) is 0 Å². The summed E-state index contributed by atoms with van der Waals surface area (Å²) in [7, 11) is 0. The van der Waals surface area contributed by atoms with Crippen LogP contribution in [0.1, 0.15) is 38.3 Å². The largest absolute Gasteiger partial charge is 0.348 e. The maximum Gasteiger partial charge on any atom is 0.240 e. The van der Waals surface area contributed by atoms with Crippen molar-refractivity contribution in [2.75, 3.05) is 0 Å². The van der Waals surface area contributed by atoms with Crippen LogP contribution in [-0.4, -0.2) is 11.4 Å². The molecule has 0 saturated heterocycles. The molecule has 0 radical (unpaired) electrons. The second-order valence-electron chi connectivity index (χ2n) is 5.30. The summed E-state index contributed by atoms with van der Waals surface area (Å²) in [6.45, 7) is 3.76. The first-order valence-corrected chi connectivity index (χ1v) is 6.64. The average molecular weight is 267 g/mol. The Labute approximate surface area is 113 Å². The van der Waals surface area contributed by atoms with Crippen molar-refractivity contribution in [2.45, 2.75) is 38.3 Å². The van der Waals surface area contributed by atoms with Gasteiger partial charge < -0.3 is 11.1 Å². The summed E-state index contributed by atoms with van der Waals surface area (Å²) >= 11 is 5.84. The van der Waals surface area contributed by atoms with Gasteiger partial charge in [-0.25, -0.2) is 0 Å². The van der Waals surface area contributed by atoms with Gasteiger partial charge in [0.25, 0.3) is 0 Å². The third kappa shape index (κ3) is 2.85. The van der Waals surface area contributed by atoms with E-state index in [-0.39, 0.29) is 11.9 Å². The van der Waals surface area contributed by atoms with E-state index in [0.717, 1.165) is 18.4 Å². The van der Waals surface area contributed by atoms with Gasteiger partial charge >= 0.3 is 0 Å². The maximum absolute atomic E-state index is 12.1. The summed E-state index contributed by atoms with van der Waals surface area (Å²) in [4.78, 5) is 12.1. The van der Waals surface area contributed by atoms with E-state index in [4.69, 9.17) is 17.3 Å². The van der Waals surface area contributed by atoms with Gasteiger partial charge in [0.15, 0.2) is 0 Å². The monoisotopic (exact) mass is 266 g/mol. The maximum atomic E-state index is 12.1. The van der Waals surface area contributed by atoms with Crippen molar-refractivity contribution in [1.82, 2.24) is 5.32 Å². The molecule has 0 heterocycles. The second-order valence-corrected chi connectivity index (χ2v) is 5.74. The lowest BCUT2D eigenvalue weighted by molar-refractivity contribution is -0.127. The van der Waals surface area contributed by atoms with E-state index in [1.165, 1.54) is 0 Å². The van der Waals surface area contributed by atoms with E-state index in [1.807, 2.05) is 38.1 Å². The van der Waals surface area contributed by atoms with Crippen LogP contribution in [0.4, 0.5) is 0 Å². The molecule has 4 heteroatoms. The Kier molecular flexibility index (Phi) is 3.64. The van der Waals surface area contributed by atoms with Gasteiger partial charge in [0.05, 0.1) is 11.6 Å². The second kappa shape index (κ2) is 4.90. The first kappa shape index (κ1) is 13.4. The van der Waals surface area contributed by atoms with Gasteiger partial charge in [0.1, 0.15) is 0 Å². The molecule has 1 aliphatic rings. The van der Waals surface area contributed by atoms with Gasteiger partial charge in [0.2, 0.25) is 5.91 Å². The minimum atomic E-state index is -0.749. The van der Waals surface area contributed by atoms with Crippen molar-refractivity contribution < 1.29 is 4.79 Å². The minimum absolute atomic E-state index is 0.0589. The Balaban J connectivity index is 2.00. The highest BCUT2D eigenvalue weighted by molar-refractivity contribution is 6.30. The minimum Gasteiger partial charge on any atom is -0.348 e. The number of hydrogen-bond acceptors (Lipinski definition) is 2. The zero-order chi connectivity index (χ0) is 13.3. The van der Waals surface area contributed by atoms with Crippen molar-refractivity contribution in [3.63, 3.8) is 0 Å². The third-order valence-corrected chi connectivity index (χ3v) is 3.88. The Bertz CT molecular complexity index is 438. The van der Waals surface area contributed by atoms with Gasteiger partial charge in [-0.2, -0.15) is 0 Å². The first-order valence-electron chi connectivity index (χ1n) is 6.26. The molecule has 1 saturated carbocycles. The van der Waals surface area contributed by atoms with E-state index < -0.39 is 5.54 Å². The molecule has 98 valence electrons. The molecule has 0 spiro atoms. The number of benzene rings is 1. The van der Waals surface area contributed by atoms with Gasteiger partial charge in [0, 0.05) is 5.02 Å². The number of rotatable bonds is 4. The molecule has 0 bridgehead atoms. The first-order chi connectivity index (χ1) is 8.41. The van der Waals surface area contributed by atoms with Crippen LogP contribution < -0.4 is 11.1 Å². The summed E-state index contributed by atoms with van der Waals surface area (Å²) < 4.78 is 0. The van der Waals surface area contributed by atoms with Crippen LogP contribution in [0.3, 0.4) is 0 Å². The Morgan fingerprint density at radius 2 is 2.00 bits per heavy atom. The quantitative estimate of drug-likeness (QED) is 0.880. The SMILES string of the molecule is CC(NC(=O)C(C)(N)C1CC1)c1ccc(Cl)cc1. The summed E-state index contributed by atoms with van der Waals surface area (Å²) in [5, 5.41) is 3.66. The summed E-state index contributed by atoms with van der Waals surface area (Å²) in [5.41, 5.74) is 6.36. The van der Waals surface area contributed by atoms with Crippen molar-refractivity contribution in [3.05, 3.63) is 34.9 Å². The van der Waals surface area contributed by atoms with Crippen molar-refractivity contribution in [3.8, 4) is 0 Å². The lowest BCUT2D eigenvalue weighted by Crippen LogP contribution is -2.53. The van der Waals surface area contributed by atoms with Crippen LogP contribution in [0.2, 0.25) is 5.02 Å². The van der Waals surface area contributed by atoms with Crippen LogP contribution >= 0.6 is 11.6 Å². The summed E-state index contributed by atoms with van der Waals surface area (Å²) in [6, 6.07) is 7.41. The highest BCUT2D eigenvalue weighted by atomic mass is 35.5. The fourth-order valence-electron chi connectivity index (χ4n) is 2.06. The number of hydrogen-bond donors (Lipinski definition) is 2. The molecule has 0 aliphatic heterocycles. The molecule has 1 aromatic rings. The van der Waals surface area contributed by atoms with Crippen molar-refractivity contribution in [2.24, 2.45) is 11.7 Å². The molecule has 1 aromatic carbocycles. The number of nitrogens with one attached hydrogen (secondary N) is 1. The standard InChI is InChI=1S/C14H19ClN2O/c1-9(10-3-7-12(15)8-4-10)17-13(18)14(2,16)11-5-6-11/h3-4,7-9,11H,5-6,16H2,1-2H3,(H,17,18). The molecule has 2 atom stereocenters. The number of nitrogens with two attached hydrogens (primary N) is 1. The number of halogens is 1. The molecule has 2 unspecified atom stereocenters. The summed E-state index contributed by atoms with van der Waals surface area (Å²) in [6.07, 6.45) is 2.10. The Morgan fingerprint density at radius 1 is 1.44 bits per heavy atom. The van der Waals surface area contributed by atoms with E-state index in [1.54, 1.807) is 0 Å². The van der Waals surface area contributed by atoms with Crippen LogP contribution in [0.5, 0.6) is 0 Å². The molecule has 18 heavy (non-hydrogen) atoms. The number of carbonyl (C=O) groups is 1. The molecule has 2 rings (SSSR count). The van der Waals surface area contributed by atoms with E-state index in [9.17, 15) is 4.79 Å². The lowest BCUT2D eigenvalue weighted by Gasteiger charge is -2.26. The Hall–Kier alpha value is -1.06. The highest BCUT2D eigenvalue weighted by Crippen LogP contribution is 2.38. The van der Waals surface area contributed by atoms with Crippen LogP contribution in [0.15, 0.2) is 24.3 Å². The zero-order valence-electron chi connectivity index (χ0n) is 10.7. The zero-order valence-corrected chi connectivity index (χ0v) is 11.5. The van der Waals surface area contributed by atoms with Gasteiger partial charge in [-0.05, 0) is 50.3 Å². The fraction of sp³-hybridized carbons (Fsp3) is 0.500. The van der Waals surface area contributed by atoms with Crippen LogP contribution in [0.25, 0.3) is 0 Å². The van der Waals surface area contributed by atoms with Gasteiger partial charge in [-0.3, -0.25) is 4.79 Å². The molecule has 3 N–H and O–H groups in total. The molecule has 0 aromatic heterocycles. The van der Waals surface area contributed by atoms with Crippen LogP contribution in [-0.2, 0) is 4.79 Å². The molecule has 3 nitrogen and oxygen atoms in total. The molecular weight excluding hydrogens is 248 g/mol. The topological polar surface area (TPSA) is 55.1 Å². The molecule has 1 aliphatic carbocycles. The molecule has 1 amide bonds. The summed E-state index contributed by atoms with van der Waals surface area (Å²) in [5.74, 6) is 0.252. The van der Waals surface area contributed by atoms with Gasteiger partial charge in [-0.1, -0.05) is 23.7 Å². The van der Waals surface area contributed by atoms with Crippen molar-refractivity contribution >= 4 is 17.5 Å². The smallest absolute Gasteiger partial charge is 0.240 e.